The Morgan fingerprint density at radius 2 is 1.78 bits per heavy atom. The fourth-order valence-electron chi connectivity index (χ4n) is 7.92. The topological polar surface area (TPSA) is 95.5 Å². The third kappa shape index (κ3) is 3.34. The van der Waals surface area contributed by atoms with Crippen LogP contribution in [0.15, 0.2) is 24.3 Å². The maximum absolute atomic E-state index is 13.1. The first-order chi connectivity index (χ1) is 15.2. The van der Waals surface area contributed by atoms with E-state index < -0.39 is 11.9 Å². The van der Waals surface area contributed by atoms with E-state index >= 15 is 0 Å². The number of carboxylic acid groups (broad SMARTS) is 1. The summed E-state index contributed by atoms with van der Waals surface area (Å²) in [6.07, 6.45) is 9.29. The van der Waals surface area contributed by atoms with E-state index in [0.717, 1.165) is 12.3 Å². The van der Waals surface area contributed by atoms with Gasteiger partial charge in [-0.05, 0) is 97.8 Å². The van der Waals surface area contributed by atoms with E-state index in [4.69, 9.17) is 5.11 Å². The van der Waals surface area contributed by atoms with Crippen LogP contribution < -0.4 is 10.6 Å². The number of carboxylic acids is 1. The van der Waals surface area contributed by atoms with Gasteiger partial charge in [0.2, 0.25) is 11.8 Å². The van der Waals surface area contributed by atoms with Gasteiger partial charge in [-0.15, -0.1) is 0 Å². The van der Waals surface area contributed by atoms with Crippen molar-refractivity contribution in [2.45, 2.75) is 71.3 Å². The largest absolute Gasteiger partial charge is 0.478 e. The van der Waals surface area contributed by atoms with Crippen molar-refractivity contribution in [1.29, 1.82) is 0 Å². The van der Waals surface area contributed by atoms with Crippen molar-refractivity contribution >= 4 is 23.5 Å². The van der Waals surface area contributed by atoms with E-state index in [0.29, 0.717) is 29.4 Å². The van der Waals surface area contributed by atoms with Gasteiger partial charge in [-0.3, -0.25) is 9.59 Å². The molecular weight excluding hydrogens is 404 g/mol. The molecule has 6 nitrogen and oxygen atoms in total. The number of carbonyl (C=O) groups is 3. The van der Waals surface area contributed by atoms with Crippen LogP contribution in [0.2, 0.25) is 0 Å². The van der Waals surface area contributed by atoms with Crippen molar-refractivity contribution in [2.24, 2.45) is 34.5 Å². The van der Waals surface area contributed by atoms with Crippen molar-refractivity contribution in [3.63, 3.8) is 0 Å². The molecule has 6 heteroatoms. The van der Waals surface area contributed by atoms with Gasteiger partial charge in [-0.1, -0.05) is 20.3 Å². The lowest BCUT2D eigenvalue weighted by Gasteiger charge is -2.60. The van der Waals surface area contributed by atoms with Crippen LogP contribution in [0.4, 0.5) is 5.69 Å². The number of carbonyl (C=O) groups excluding carboxylic acids is 2. The van der Waals surface area contributed by atoms with Crippen LogP contribution in [0.3, 0.4) is 0 Å². The molecule has 1 saturated heterocycles. The van der Waals surface area contributed by atoms with E-state index in [1.54, 1.807) is 12.1 Å². The molecule has 2 unspecified atom stereocenters. The number of rotatable bonds is 3. The molecule has 1 aromatic rings. The lowest BCUT2D eigenvalue weighted by molar-refractivity contribution is -0.148. The quantitative estimate of drug-likeness (QED) is 0.607. The SMILES string of the molecule is C[C@@]12CCC[C@H]1[C@@H]1CCC3NC(=O)C(C(=O)Nc4ccc(C(=O)O)cc4)C[C@]3(C)[C@@H]1CC2. The molecule has 3 N–H and O–H groups in total. The van der Waals surface area contributed by atoms with Crippen molar-refractivity contribution in [2.75, 3.05) is 5.32 Å². The molecule has 1 aromatic carbocycles. The molecule has 32 heavy (non-hydrogen) atoms. The molecule has 0 radical (unpaired) electrons. The molecule has 0 spiro atoms. The number of fused-ring (bicyclic) bond motifs is 5. The summed E-state index contributed by atoms with van der Waals surface area (Å²) in [5, 5.41) is 15.1. The van der Waals surface area contributed by atoms with Crippen LogP contribution in [0, 0.1) is 34.5 Å². The van der Waals surface area contributed by atoms with Gasteiger partial charge in [0, 0.05) is 11.7 Å². The fourth-order valence-corrected chi connectivity index (χ4v) is 7.92. The molecule has 2 amide bonds. The Kier molecular flexibility index (Phi) is 5.10. The summed E-state index contributed by atoms with van der Waals surface area (Å²) in [6, 6.07) is 6.22. The average Bonchev–Trinajstić information content (AvgIpc) is 3.16. The minimum Gasteiger partial charge on any atom is -0.478 e. The summed E-state index contributed by atoms with van der Waals surface area (Å²) in [6.45, 7) is 4.80. The van der Waals surface area contributed by atoms with Gasteiger partial charge in [0.1, 0.15) is 5.92 Å². The van der Waals surface area contributed by atoms with E-state index in [9.17, 15) is 14.4 Å². The van der Waals surface area contributed by atoms with Crippen LogP contribution in [0.5, 0.6) is 0 Å². The monoisotopic (exact) mass is 438 g/mol. The second-order valence-electron chi connectivity index (χ2n) is 11.2. The van der Waals surface area contributed by atoms with Gasteiger partial charge in [-0.2, -0.15) is 0 Å². The number of piperidine rings is 1. The highest BCUT2D eigenvalue weighted by Crippen LogP contribution is 2.64. The number of hydrogen-bond acceptors (Lipinski definition) is 3. The minimum absolute atomic E-state index is 0.0596. The summed E-state index contributed by atoms with van der Waals surface area (Å²) in [4.78, 5) is 37.1. The highest BCUT2D eigenvalue weighted by molar-refractivity contribution is 6.07. The van der Waals surface area contributed by atoms with Crippen molar-refractivity contribution < 1.29 is 19.5 Å². The first-order valence-corrected chi connectivity index (χ1v) is 12.2. The highest BCUT2D eigenvalue weighted by Gasteiger charge is 2.59. The number of nitrogens with one attached hydrogen (secondary N) is 2. The third-order valence-corrected chi connectivity index (χ3v) is 9.64. The van der Waals surface area contributed by atoms with E-state index in [-0.39, 0.29) is 28.8 Å². The predicted molar refractivity (Wildman–Crippen MR) is 121 cm³/mol. The van der Waals surface area contributed by atoms with Gasteiger partial charge in [0.05, 0.1) is 5.56 Å². The number of aromatic carboxylic acids is 1. The van der Waals surface area contributed by atoms with Gasteiger partial charge in [-0.25, -0.2) is 4.79 Å². The zero-order chi connectivity index (χ0) is 22.7. The maximum atomic E-state index is 13.1. The Morgan fingerprint density at radius 3 is 2.50 bits per heavy atom. The summed E-state index contributed by atoms with van der Waals surface area (Å²) < 4.78 is 0. The smallest absolute Gasteiger partial charge is 0.335 e. The molecule has 3 aliphatic carbocycles. The fraction of sp³-hybridized carbons (Fsp3) is 0.654. The molecule has 4 aliphatic rings. The Morgan fingerprint density at radius 1 is 1.03 bits per heavy atom. The molecule has 3 saturated carbocycles. The second kappa shape index (κ2) is 7.60. The van der Waals surface area contributed by atoms with Crippen molar-refractivity contribution in [3.05, 3.63) is 29.8 Å². The van der Waals surface area contributed by atoms with Crippen LogP contribution in [0.25, 0.3) is 0 Å². The molecule has 5 rings (SSSR count). The summed E-state index contributed by atoms with van der Waals surface area (Å²) in [7, 11) is 0. The Hall–Kier alpha value is -2.37. The molecule has 172 valence electrons. The maximum Gasteiger partial charge on any atom is 0.335 e. The first-order valence-electron chi connectivity index (χ1n) is 12.2. The molecule has 0 aromatic heterocycles. The Labute approximate surface area is 189 Å². The Bertz CT molecular complexity index is 944. The minimum atomic E-state index is -1.01. The van der Waals surface area contributed by atoms with Gasteiger partial charge < -0.3 is 15.7 Å². The predicted octanol–water partition coefficient (Wildman–Crippen LogP) is 4.46. The lowest BCUT2D eigenvalue weighted by atomic mass is 9.47. The molecule has 7 atom stereocenters. The van der Waals surface area contributed by atoms with E-state index in [2.05, 4.69) is 24.5 Å². The van der Waals surface area contributed by atoms with Crippen LogP contribution in [-0.4, -0.2) is 28.9 Å². The average molecular weight is 439 g/mol. The number of amides is 2. The number of benzene rings is 1. The second-order valence-corrected chi connectivity index (χ2v) is 11.2. The molecule has 4 fully saturated rings. The molecular formula is C26H34N2O4. The summed E-state index contributed by atoms with van der Waals surface area (Å²) in [5.74, 6) is -0.141. The van der Waals surface area contributed by atoms with Gasteiger partial charge >= 0.3 is 5.97 Å². The van der Waals surface area contributed by atoms with E-state index in [1.807, 2.05) is 0 Å². The molecule has 1 aliphatic heterocycles. The zero-order valence-corrected chi connectivity index (χ0v) is 19.0. The zero-order valence-electron chi connectivity index (χ0n) is 19.0. The third-order valence-electron chi connectivity index (χ3n) is 9.64. The van der Waals surface area contributed by atoms with Crippen LogP contribution >= 0.6 is 0 Å². The molecule has 1 heterocycles. The summed E-state index contributed by atoms with van der Waals surface area (Å²) in [5.41, 5.74) is 1.11. The highest BCUT2D eigenvalue weighted by atomic mass is 16.4. The molecule has 0 bridgehead atoms. The first kappa shape index (κ1) is 21.5. The van der Waals surface area contributed by atoms with E-state index in [1.165, 1.54) is 50.7 Å². The normalized spacial score (nSPS) is 40.4. The van der Waals surface area contributed by atoms with Crippen LogP contribution in [0.1, 0.15) is 75.6 Å². The number of anilines is 1. The van der Waals surface area contributed by atoms with Gasteiger partial charge in [0.15, 0.2) is 0 Å². The Balaban J connectivity index is 1.34. The number of hydrogen-bond donors (Lipinski definition) is 3. The standard InChI is InChI=1S/C26H34N2O4/c1-25-12-3-4-19(25)17-9-10-21-26(2,20(17)11-13-25)14-18(23(30)28-21)22(29)27-16-7-5-15(6-8-16)24(31)32/h5-8,17-21H,3-4,9-14H2,1-2H3,(H,27,29)(H,28,30)(H,31,32)/t17-,18?,19-,20+,21?,25-,26+/m0/s1. The van der Waals surface area contributed by atoms with Crippen molar-refractivity contribution in [1.82, 2.24) is 5.32 Å². The van der Waals surface area contributed by atoms with Gasteiger partial charge in [0.25, 0.3) is 0 Å². The lowest BCUT2D eigenvalue weighted by Crippen LogP contribution is -2.64. The summed E-state index contributed by atoms with van der Waals surface area (Å²) >= 11 is 0. The van der Waals surface area contributed by atoms with Crippen molar-refractivity contribution in [3.8, 4) is 0 Å². The van der Waals surface area contributed by atoms with Crippen LogP contribution in [-0.2, 0) is 9.59 Å².